The molecule has 0 bridgehead atoms. The minimum atomic E-state index is -0.274. The van der Waals surface area contributed by atoms with Gasteiger partial charge < -0.3 is 5.73 Å². The number of amides is 2. The van der Waals surface area contributed by atoms with E-state index in [0.717, 1.165) is 28.5 Å². The average Bonchev–Trinajstić information content (AvgIpc) is 2.83. The van der Waals surface area contributed by atoms with Gasteiger partial charge >= 0.3 is 0 Å². The fourth-order valence-corrected chi connectivity index (χ4v) is 3.38. The number of nitrogens with zero attached hydrogens (tertiary/aromatic N) is 1. The van der Waals surface area contributed by atoms with Crippen LogP contribution in [0.15, 0.2) is 53.4 Å². The van der Waals surface area contributed by atoms with E-state index in [9.17, 15) is 9.59 Å². The second-order valence-electron chi connectivity index (χ2n) is 5.37. The molecule has 2 aromatic carbocycles. The molecule has 2 amide bonds. The molecule has 3 rings (SSSR count). The van der Waals surface area contributed by atoms with E-state index >= 15 is 0 Å². The molecule has 1 heterocycles. The van der Waals surface area contributed by atoms with Crippen molar-refractivity contribution in [1.82, 2.24) is 0 Å². The normalized spacial score (nSPS) is 16.9. The van der Waals surface area contributed by atoms with Crippen LogP contribution in [0.3, 0.4) is 0 Å². The van der Waals surface area contributed by atoms with Gasteiger partial charge in [-0.3, -0.25) is 9.59 Å². The first-order valence-corrected chi connectivity index (χ1v) is 7.99. The number of hydrogen-bond acceptors (Lipinski definition) is 4. The number of carbonyl (C=O) groups excluding carboxylic acids is 2. The molecule has 2 aromatic rings. The maximum Gasteiger partial charge on any atom is 0.298 e. The molecule has 4 nitrogen and oxygen atoms in total. The van der Waals surface area contributed by atoms with Crippen molar-refractivity contribution in [2.24, 2.45) is 0 Å². The molecule has 0 radical (unpaired) electrons. The summed E-state index contributed by atoms with van der Waals surface area (Å²) in [6.07, 6.45) is 0. The van der Waals surface area contributed by atoms with E-state index in [-0.39, 0.29) is 11.1 Å². The van der Waals surface area contributed by atoms with Crippen molar-refractivity contribution < 1.29 is 9.59 Å². The number of para-hydroxylation sites is 1. The molecule has 0 atom stereocenters. The van der Waals surface area contributed by atoms with Gasteiger partial charge in [-0.25, -0.2) is 4.90 Å². The van der Waals surface area contributed by atoms with Crippen LogP contribution in [0.4, 0.5) is 16.2 Å². The van der Waals surface area contributed by atoms with Crippen molar-refractivity contribution in [3.8, 4) is 0 Å². The molecule has 0 saturated carbocycles. The minimum Gasteiger partial charge on any atom is -0.399 e. The Morgan fingerprint density at radius 3 is 2.35 bits per heavy atom. The van der Waals surface area contributed by atoms with Crippen LogP contribution in [0.1, 0.15) is 18.1 Å². The number of nitrogen functional groups attached to an aromatic ring is 1. The molecule has 23 heavy (non-hydrogen) atoms. The zero-order valence-electron chi connectivity index (χ0n) is 12.9. The molecule has 0 spiro atoms. The van der Waals surface area contributed by atoms with Gasteiger partial charge in [-0.15, -0.1) is 0 Å². The van der Waals surface area contributed by atoms with Crippen LogP contribution in [-0.4, -0.2) is 11.1 Å². The average molecular weight is 324 g/mol. The van der Waals surface area contributed by atoms with Gasteiger partial charge in [0.1, 0.15) is 0 Å². The summed E-state index contributed by atoms with van der Waals surface area (Å²) in [5.41, 5.74) is 9.55. The molecule has 5 heteroatoms. The molecule has 1 aliphatic heterocycles. The number of carbonyl (C=O) groups is 2. The van der Waals surface area contributed by atoms with Crippen molar-refractivity contribution in [2.45, 2.75) is 13.8 Å². The van der Waals surface area contributed by atoms with Crippen molar-refractivity contribution >= 4 is 39.9 Å². The molecule has 116 valence electrons. The van der Waals surface area contributed by atoms with E-state index in [0.29, 0.717) is 16.3 Å². The third kappa shape index (κ3) is 2.75. The Morgan fingerprint density at radius 2 is 1.70 bits per heavy atom. The Morgan fingerprint density at radius 1 is 1.04 bits per heavy atom. The van der Waals surface area contributed by atoms with E-state index in [4.69, 9.17) is 5.73 Å². The van der Waals surface area contributed by atoms with Gasteiger partial charge in [-0.2, -0.15) is 0 Å². The fraction of sp³-hybridized carbons (Fsp3) is 0.111. The van der Waals surface area contributed by atoms with Crippen LogP contribution >= 0.6 is 11.8 Å². The highest BCUT2D eigenvalue weighted by Gasteiger charge is 2.38. The Balaban J connectivity index is 2.03. The third-order valence-corrected chi connectivity index (χ3v) is 4.85. The summed E-state index contributed by atoms with van der Waals surface area (Å²) in [4.78, 5) is 26.8. The molecular formula is C18H16N2O2S. The Kier molecular flexibility index (Phi) is 3.96. The van der Waals surface area contributed by atoms with Crippen LogP contribution in [0.25, 0.3) is 5.57 Å². The van der Waals surface area contributed by atoms with Crippen LogP contribution in [0.2, 0.25) is 0 Å². The van der Waals surface area contributed by atoms with Crippen LogP contribution < -0.4 is 10.6 Å². The van der Waals surface area contributed by atoms with E-state index in [2.05, 4.69) is 0 Å². The second kappa shape index (κ2) is 5.93. The van der Waals surface area contributed by atoms with E-state index in [1.54, 1.807) is 18.2 Å². The number of hydrogen-bond donors (Lipinski definition) is 1. The largest absolute Gasteiger partial charge is 0.399 e. The Bertz CT molecular complexity index is 825. The number of rotatable bonds is 2. The Hall–Kier alpha value is -2.53. The third-order valence-electron chi connectivity index (χ3n) is 3.81. The van der Waals surface area contributed by atoms with Gasteiger partial charge in [0, 0.05) is 5.69 Å². The first kappa shape index (κ1) is 15.4. The predicted octanol–water partition coefficient (Wildman–Crippen LogP) is 4.21. The molecular weight excluding hydrogens is 308 g/mol. The van der Waals surface area contributed by atoms with Gasteiger partial charge in [0.25, 0.3) is 11.1 Å². The highest BCUT2D eigenvalue weighted by atomic mass is 32.2. The number of aryl methyl sites for hydroxylation is 1. The molecule has 0 aliphatic carbocycles. The van der Waals surface area contributed by atoms with E-state index in [1.165, 1.54) is 4.90 Å². The molecule has 0 unspecified atom stereocenters. The maximum absolute atomic E-state index is 12.8. The van der Waals surface area contributed by atoms with Crippen molar-refractivity contribution in [1.29, 1.82) is 0 Å². The van der Waals surface area contributed by atoms with E-state index in [1.807, 2.05) is 44.2 Å². The molecule has 2 N–H and O–H groups in total. The number of benzene rings is 2. The lowest BCUT2D eigenvalue weighted by Crippen LogP contribution is -2.28. The summed E-state index contributed by atoms with van der Waals surface area (Å²) in [5, 5.41) is -0.269. The molecule has 0 aromatic heterocycles. The number of allylic oxidation sites excluding steroid dienone is 1. The second-order valence-corrected chi connectivity index (χ2v) is 6.33. The number of thioether (sulfide) groups is 1. The SMILES string of the molecule is C/C(=C1/SC(=O)N(c2ccccc2C)C1=O)c1ccc(N)cc1. The highest BCUT2D eigenvalue weighted by molar-refractivity contribution is 8.19. The van der Waals surface area contributed by atoms with Gasteiger partial charge in [-0.05, 0) is 60.5 Å². The van der Waals surface area contributed by atoms with E-state index < -0.39 is 0 Å². The topological polar surface area (TPSA) is 63.4 Å². The minimum absolute atomic E-state index is 0.269. The lowest BCUT2D eigenvalue weighted by Gasteiger charge is -2.15. The first-order valence-electron chi connectivity index (χ1n) is 7.17. The van der Waals surface area contributed by atoms with Crippen molar-refractivity contribution in [3.05, 3.63) is 64.6 Å². The first-order chi connectivity index (χ1) is 11.0. The Labute approximate surface area is 139 Å². The van der Waals surface area contributed by atoms with Gasteiger partial charge in [0.2, 0.25) is 0 Å². The van der Waals surface area contributed by atoms with Crippen LogP contribution in [0, 0.1) is 6.92 Å². The van der Waals surface area contributed by atoms with Crippen LogP contribution in [-0.2, 0) is 4.79 Å². The number of imide groups is 1. The van der Waals surface area contributed by atoms with Crippen molar-refractivity contribution in [2.75, 3.05) is 10.6 Å². The number of anilines is 2. The summed E-state index contributed by atoms with van der Waals surface area (Å²) >= 11 is 0.978. The molecule has 1 saturated heterocycles. The monoisotopic (exact) mass is 324 g/mol. The zero-order valence-corrected chi connectivity index (χ0v) is 13.7. The summed E-state index contributed by atoms with van der Waals surface area (Å²) < 4.78 is 0. The van der Waals surface area contributed by atoms with Crippen LogP contribution in [0.5, 0.6) is 0 Å². The lowest BCUT2D eigenvalue weighted by atomic mass is 10.1. The summed E-state index contributed by atoms with van der Waals surface area (Å²) in [7, 11) is 0. The molecule has 1 fully saturated rings. The highest BCUT2D eigenvalue weighted by Crippen LogP contribution is 2.39. The summed E-state index contributed by atoms with van der Waals surface area (Å²) in [5.74, 6) is -0.274. The summed E-state index contributed by atoms with van der Waals surface area (Å²) in [6, 6.07) is 14.6. The predicted molar refractivity (Wildman–Crippen MR) is 95.1 cm³/mol. The van der Waals surface area contributed by atoms with Gasteiger partial charge in [-0.1, -0.05) is 30.3 Å². The number of nitrogens with two attached hydrogens (primary N) is 1. The smallest absolute Gasteiger partial charge is 0.298 e. The van der Waals surface area contributed by atoms with Gasteiger partial charge in [0.05, 0.1) is 10.6 Å². The van der Waals surface area contributed by atoms with Gasteiger partial charge in [0.15, 0.2) is 0 Å². The zero-order chi connectivity index (χ0) is 16.6. The fourth-order valence-electron chi connectivity index (χ4n) is 2.48. The standard InChI is InChI=1S/C18H16N2O2S/c1-11-5-3-4-6-15(11)20-17(21)16(23-18(20)22)12(2)13-7-9-14(19)10-8-13/h3-10H,19H2,1-2H3/b16-12-. The lowest BCUT2D eigenvalue weighted by molar-refractivity contribution is -0.113. The molecule has 1 aliphatic rings. The van der Waals surface area contributed by atoms with Crippen molar-refractivity contribution in [3.63, 3.8) is 0 Å². The quantitative estimate of drug-likeness (QED) is 0.664. The maximum atomic E-state index is 12.8. The summed E-state index contributed by atoms with van der Waals surface area (Å²) in [6.45, 7) is 3.73.